The largest absolute Gasteiger partial charge is 0.446 e. The van der Waals surface area contributed by atoms with Crippen molar-refractivity contribution in [1.82, 2.24) is 15.5 Å². The highest BCUT2D eigenvalue weighted by atomic mass is 32.2. The second kappa shape index (κ2) is 10.8. The van der Waals surface area contributed by atoms with Gasteiger partial charge in [0.1, 0.15) is 6.10 Å². The number of carbonyl (C=O) groups excluding carboxylic acids is 2. The van der Waals surface area contributed by atoms with E-state index in [0.29, 0.717) is 17.8 Å². The highest BCUT2D eigenvalue weighted by Gasteiger charge is 2.30. The maximum Gasteiger partial charge on any atom is 0.407 e. The van der Waals surface area contributed by atoms with Crippen LogP contribution in [0, 0.1) is 0 Å². The van der Waals surface area contributed by atoms with Gasteiger partial charge in [-0.1, -0.05) is 32.0 Å². The zero-order chi connectivity index (χ0) is 24.0. The van der Waals surface area contributed by atoms with E-state index in [1.807, 2.05) is 13.8 Å². The molecule has 2 aromatic rings. The molecule has 0 saturated heterocycles. The van der Waals surface area contributed by atoms with Crippen molar-refractivity contribution in [2.45, 2.75) is 75.8 Å². The van der Waals surface area contributed by atoms with Gasteiger partial charge in [0, 0.05) is 23.7 Å². The summed E-state index contributed by atoms with van der Waals surface area (Å²) in [6.07, 6.45) is 2.52. The number of benzene rings is 1. The molecule has 180 valence electrons. The molecule has 1 aliphatic rings. The molecule has 10 heteroatoms. The fourth-order valence-corrected chi connectivity index (χ4v) is 5.03. The quantitative estimate of drug-likeness (QED) is 0.507. The number of alkyl carbamates (subject to hydrolysis) is 1. The van der Waals surface area contributed by atoms with Crippen LogP contribution in [0.4, 0.5) is 10.6 Å². The van der Waals surface area contributed by atoms with E-state index in [1.54, 1.807) is 31.2 Å². The summed E-state index contributed by atoms with van der Waals surface area (Å²) in [5.74, 6) is 0.158. The van der Waals surface area contributed by atoms with Crippen LogP contribution in [-0.2, 0) is 25.8 Å². The first-order valence-electron chi connectivity index (χ1n) is 11.3. The van der Waals surface area contributed by atoms with Crippen LogP contribution in [0.15, 0.2) is 35.2 Å². The summed E-state index contributed by atoms with van der Waals surface area (Å²) < 4.78 is 30.1. The van der Waals surface area contributed by atoms with Gasteiger partial charge >= 0.3 is 6.09 Å². The Morgan fingerprint density at radius 1 is 1.24 bits per heavy atom. The van der Waals surface area contributed by atoms with E-state index >= 15 is 0 Å². The van der Waals surface area contributed by atoms with Gasteiger partial charge in [0.05, 0.1) is 17.1 Å². The number of ether oxygens (including phenoxy) is 1. The van der Waals surface area contributed by atoms with Crippen molar-refractivity contribution in [3.63, 3.8) is 0 Å². The molecule has 9 nitrogen and oxygen atoms in total. The van der Waals surface area contributed by atoms with Gasteiger partial charge < -0.3 is 15.4 Å². The second-order valence-corrected chi connectivity index (χ2v) is 10.7. The summed E-state index contributed by atoms with van der Waals surface area (Å²) >= 11 is 0. The zero-order valence-electron chi connectivity index (χ0n) is 19.3. The van der Waals surface area contributed by atoms with Crippen molar-refractivity contribution < 1.29 is 22.7 Å². The first-order chi connectivity index (χ1) is 15.7. The zero-order valence-corrected chi connectivity index (χ0v) is 20.1. The van der Waals surface area contributed by atoms with E-state index in [9.17, 15) is 18.0 Å². The molecule has 0 aliphatic heterocycles. The molecule has 0 spiro atoms. The minimum atomic E-state index is -3.42. The highest BCUT2D eigenvalue weighted by molar-refractivity contribution is 7.91. The van der Waals surface area contributed by atoms with E-state index in [2.05, 4.69) is 20.8 Å². The number of aromatic nitrogens is 2. The number of nitrogens with one attached hydrogen (secondary N) is 3. The average molecular weight is 477 g/mol. The van der Waals surface area contributed by atoms with Gasteiger partial charge in [0.2, 0.25) is 5.91 Å². The highest BCUT2D eigenvalue weighted by Crippen LogP contribution is 2.35. The SMILES string of the molecule is CC[C@H](C)NC(=O)O[C@@H]1CC[C@H](c2cc(NC(=O)Cc3ccccc3S(=O)(=O)CC)n[nH]2)C1. The fourth-order valence-electron chi connectivity index (χ4n) is 3.90. The maximum absolute atomic E-state index is 12.5. The minimum Gasteiger partial charge on any atom is -0.446 e. The first kappa shape index (κ1) is 24.8. The molecule has 1 heterocycles. The average Bonchev–Trinajstić information content (AvgIpc) is 3.43. The molecule has 0 bridgehead atoms. The Balaban J connectivity index is 1.56. The van der Waals surface area contributed by atoms with Crippen LogP contribution in [0.5, 0.6) is 0 Å². The Hall–Kier alpha value is -2.88. The normalized spacial score (nSPS) is 19.1. The van der Waals surface area contributed by atoms with E-state index in [1.165, 1.54) is 6.07 Å². The minimum absolute atomic E-state index is 0.0280. The Kier molecular flexibility index (Phi) is 8.12. The summed E-state index contributed by atoms with van der Waals surface area (Å²) in [6, 6.07) is 8.38. The number of hydrogen-bond donors (Lipinski definition) is 3. The molecule has 0 unspecified atom stereocenters. The number of rotatable bonds is 9. The number of aromatic amines is 1. The lowest BCUT2D eigenvalue weighted by molar-refractivity contribution is -0.115. The molecular formula is C23H32N4O5S. The van der Waals surface area contributed by atoms with Crippen LogP contribution in [0.25, 0.3) is 0 Å². The molecule has 33 heavy (non-hydrogen) atoms. The summed E-state index contributed by atoms with van der Waals surface area (Å²) in [6.45, 7) is 5.51. The predicted molar refractivity (Wildman–Crippen MR) is 125 cm³/mol. The van der Waals surface area contributed by atoms with Gasteiger partial charge in [-0.3, -0.25) is 9.89 Å². The van der Waals surface area contributed by atoms with Crippen LogP contribution >= 0.6 is 0 Å². The molecule has 1 aliphatic carbocycles. The van der Waals surface area contributed by atoms with Gasteiger partial charge in [-0.2, -0.15) is 5.10 Å². The topological polar surface area (TPSA) is 130 Å². The third-order valence-corrected chi connectivity index (χ3v) is 7.81. The Bertz CT molecular complexity index is 1080. The Morgan fingerprint density at radius 3 is 2.73 bits per heavy atom. The number of nitrogens with zero attached hydrogens (tertiary/aromatic N) is 1. The van der Waals surface area contributed by atoms with Crippen LogP contribution in [0.1, 0.15) is 63.6 Å². The molecule has 1 aromatic carbocycles. The molecule has 2 amide bonds. The van der Waals surface area contributed by atoms with Crippen molar-refractivity contribution in [1.29, 1.82) is 0 Å². The number of hydrogen-bond acceptors (Lipinski definition) is 6. The first-order valence-corrected chi connectivity index (χ1v) is 13.0. The standard InChI is InChI=1S/C23H32N4O5S/c1-4-15(3)24-23(29)32-18-11-10-16(12-18)19-14-21(27-26-19)25-22(28)13-17-8-6-7-9-20(17)33(30,31)5-2/h6-9,14-16,18H,4-5,10-13H2,1-3H3,(H,24,29)(H2,25,26,27,28)/t15-,16-,18+/m0/s1. The summed E-state index contributed by atoms with van der Waals surface area (Å²) in [4.78, 5) is 24.7. The number of carbonyl (C=O) groups is 2. The van der Waals surface area contributed by atoms with Gasteiger partial charge in [0.25, 0.3) is 0 Å². The molecule has 0 radical (unpaired) electrons. The van der Waals surface area contributed by atoms with Crippen molar-refractivity contribution in [3.8, 4) is 0 Å². The summed E-state index contributed by atoms with van der Waals surface area (Å²) in [5, 5.41) is 12.7. The molecule has 1 fully saturated rings. The van der Waals surface area contributed by atoms with E-state index < -0.39 is 15.9 Å². The van der Waals surface area contributed by atoms with E-state index in [0.717, 1.165) is 25.0 Å². The lowest BCUT2D eigenvalue weighted by Crippen LogP contribution is -2.34. The van der Waals surface area contributed by atoms with Crippen molar-refractivity contribution in [2.24, 2.45) is 0 Å². The Morgan fingerprint density at radius 2 is 2.00 bits per heavy atom. The van der Waals surface area contributed by atoms with Gasteiger partial charge in [-0.25, -0.2) is 13.2 Å². The third kappa shape index (κ3) is 6.56. The number of sulfone groups is 1. The molecular weight excluding hydrogens is 444 g/mol. The van der Waals surface area contributed by atoms with Crippen LogP contribution in [-0.4, -0.2) is 48.5 Å². The van der Waals surface area contributed by atoms with Crippen LogP contribution in [0.3, 0.4) is 0 Å². The molecule has 3 N–H and O–H groups in total. The van der Waals surface area contributed by atoms with Crippen molar-refractivity contribution in [3.05, 3.63) is 41.6 Å². The summed E-state index contributed by atoms with van der Waals surface area (Å²) in [5.41, 5.74) is 1.33. The predicted octanol–water partition coefficient (Wildman–Crippen LogP) is 3.55. The van der Waals surface area contributed by atoms with Gasteiger partial charge in [-0.05, 0) is 44.2 Å². The number of anilines is 1. The van der Waals surface area contributed by atoms with Crippen molar-refractivity contribution >= 4 is 27.7 Å². The second-order valence-electron chi connectivity index (χ2n) is 8.44. The molecule has 3 atom stereocenters. The van der Waals surface area contributed by atoms with Crippen LogP contribution < -0.4 is 10.6 Å². The summed E-state index contributed by atoms with van der Waals surface area (Å²) in [7, 11) is -3.42. The monoisotopic (exact) mass is 476 g/mol. The lowest BCUT2D eigenvalue weighted by Gasteiger charge is -2.16. The Labute approximate surface area is 194 Å². The molecule has 1 saturated carbocycles. The van der Waals surface area contributed by atoms with Crippen molar-refractivity contribution in [2.75, 3.05) is 11.1 Å². The van der Waals surface area contributed by atoms with Gasteiger partial charge in [-0.15, -0.1) is 0 Å². The lowest BCUT2D eigenvalue weighted by atomic mass is 10.0. The fraction of sp³-hybridized carbons (Fsp3) is 0.522. The van der Waals surface area contributed by atoms with E-state index in [4.69, 9.17) is 4.74 Å². The molecule has 1 aromatic heterocycles. The number of H-pyrrole nitrogens is 1. The smallest absolute Gasteiger partial charge is 0.407 e. The maximum atomic E-state index is 12.5. The third-order valence-electron chi connectivity index (χ3n) is 5.98. The van der Waals surface area contributed by atoms with Crippen LogP contribution in [0.2, 0.25) is 0 Å². The number of amides is 2. The molecule has 3 rings (SSSR count). The van der Waals surface area contributed by atoms with Gasteiger partial charge in [0.15, 0.2) is 15.7 Å². The van der Waals surface area contributed by atoms with E-state index in [-0.39, 0.29) is 41.0 Å².